The van der Waals surface area contributed by atoms with E-state index in [1.807, 2.05) is 48.2 Å². The van der Waals surface area contributed by atoms with Crippen molar-refractivity contribution in [3.63, 3.8) is 0 Å². The standard InChI is InChI=1S/C37H40F2N8O5/c1-3-34(25(2)48)47-36(50)46(24-42-47)30-7-5-29(6-8-30)45-15-14-43(18-35(45)49)28-9-11-31(12-10-28)51-19-26-17-37(52-20-26,21-44-23-40-22-41-44)32-13-4-27(38)16-33(32)39/h4-13,16,22-26,34,48H,3,14-15,17-21H2,1-2H3/t25-,26+,34-,37-/m0/s1. The molecule has 5 aromatic rings. The number of ether oxygens (including phenoxy) is 2. The van der Waals surface area contributed by atoms with Gasteiger partial charge in [-0.15, -0.1) is 0 Å². The summed E-state index contributed by atoms with van der Waals surface area (Å²) in [6.45, 7) is 5.69. The summed E-state index contributed by atoms with van der Waals surface area (Å²) in [5.41, 5.74) is 1.11. The van der Waals surface area contributed by atoms with Gasteiger partial charge in [0.25, 0.3) is 0 Å². The first kappa shape index (κ1) is 35.0. The third kappa shape index (κ3) is 7.05. The zero-order valence-electron chi connectivity index (χ0n) is 28.9. The minimum absolute atomic E-state index is 0.0553. The van der Waals surface area contributed by atoms with Gasteiger partial charge in [0.15, 0.2) is 0 Å². The first-order valence-electron chi connectivity index (χ1n) is 17.3. The molecule has 1 N–H and O–H groups in total. The van der Waals surface area contributed by atoms with E-state index in [0.29, 0.717) is 50.6 Å². The number of aromatic nitrogens is 6. The Bertz CT molecular complexity index is 2050. The lowest BCUT2D eigenvalue weighted by atomic mass is 9.87. The van der Waals surface area contributed by atoms with Crippen LogP contribution in [0.15, 0.2) is 90.5 Å². The van der Waals surface area contributed by atoms with Crippen molar-refractivity contribution in [3.05, 3.63) is 113 Å². The monoisotopic (exact) mass is 714 g/mol. The number of amides is 1. The molecule has 52 heavy (non-hydrogen) atoms. The lowest BCUT2D eigenvalue weighted by molar-refractivity contribution is -0.117. The topological polar surface area (TPSA) is 133 Å². The van der Waals surface area contributed by atoms with Crippen molar-refractivity contribution >= 4 is 17.3 Å². The van der Waals surface area contributed by atoms with Crippen molar-refractivity contribution < 1.29 is 28.2 Å². The van der Waals surface area contributed by atoms with Crippen LogP contribution in [0.1, 0.15) is 38.3 Å². The molecule has 4 atom stereocenters. The summed E-state index contributed by atoms with van der Waals surface area (Å²) < 4.78 is 45.3. The highest BCUT2D eigenvalue weighted by Gasteiger charge is 2.44. The fraction of sp³-hybridized carbons (Fsp3) is 0.378. The molecule has 2 fully saturated rings. The zero-order chi connectivity index (χ0) is 36.4. The Morgan fingerprint density at radius 3 is 2.40 bits per heavy atom. The molecule has 0 aliphatic carbocycles. The second-order valence-corrected chi connectivity index (χ2v) is 13.3. The van der Waals surface area contributed by atoms with E-state index in [-0.39, 0.29) is 36.2 Å². The van der Waals surface area contributed by atoms with Crippen molar-refractivity contribution in [3.8, 4) is 11.4 Å². The molecule has 0 radical (unpaired) electrons. The van der Waals surface area contributed by atoms with Gasteiger partial charge in [0.1, 0.15) is 42.0 Å². The van der Waals surface area contributed by atoms with Crippen LogP contribution in [-0.4, -0.2) is 79.1 Å². The molecular formula is C37H40F2N8O5. The number of piperazine rings is 1. The van der Waals surface area contributed by atoms with Gasteiger partial charge in [-0.05, 0) is 74.4 Å². The Morgan fingerprint density at radius 1 is 0.981 bits per heavy atom. The summed E-state index contributed by atoms with van der Waals surface area (Å²) in [6.07, 6.45) is 4.66. The fourth-order valence-corrected chi connectivity index (χ4v) is 7.15. The summed E-state index contributed by atoms with van der Waals surface area (Å²) in [4.78, 5) is 34.0. The Morgan fingerprint density at radius 2 is 1.73 bits per heavy atom. The van der Waals surface area contributed by atoms with Gasteiger partial charge in [0.2, 0.25) is 5.91 Å². The summed E-state index contributed by atoms with van der Waals surface area (Å²) >= 11 is 0. The minimum Gasteiger partial charge on any atom is -0.493 e. The maximum Gasteiger partial charge on any atom is 0.350 e. The van der Waals surface area contributed by atoms with E-state index in [2.05, 4.69) is 15.2 Å². The summed E-state index contributed by atoms with van der Waals surface area (Å²) in [5, 5.41) is 18.4. The SMILES string of the molecule is CC[C@@H]([C@H](C)O)n1ncn(-c2ccc(N3CCN(c4ccc(OC[C@@H]5CO[C@@](Cn6cncn6)(c6ccc(F)cc6F)C5)cc4)CC3=O)cc2)c1=O. The number of nitrogens with zero attached hydrogens (tertiary/aromatic N) is 8. The van der Waals surface area contributed by atoms with Gasteiger partial charge >= 0.3 is 5.69 Å². The number of anilines is 2. The molecule has 7 rings (SSSR count). The Labute approximate surface area is 298 Å². The third-order valence-electron chi connectivity index (χ3n) is 9.85. The van der Waals surface area contributed by atoms with Crippen molar-refractivity contribution in [2.45, 2.75) is 51.0 Å². The number of hydrogen-bond donors (Lipinski definition) is 1. The second kappa shape index (κ2) is 14.7. The van der Waals surface area contributed by atoms with E-state index in [1.165, 1.54) is 40.4 Å². The number of aliphatic hydroxyl groups is 1. The van der Waals surface area contributed by atoms with E-state index < -0.39 is 29.4 Å². The number of aliphatic hydroxyl groups excluding tert-OH is 1. The van der Waals surface area contributed by atoms with Gasteiger partial charge in [-0.3, -0.25) is 4.79 Å². The van der Waals surface area contributed by atoms with Crippen molar-refractivity contribution in [1.82, 2.24) is 29.1 Å². The number of hydrogen-bond acceptors (Lipinski definition) is 9. The number of carbonyl (C=O) groups is 1. The summed E-state index contributed by atoms with van der Waals surface area (Å²) in [5.74, 6) is -0.797. The third-order valence-corrected chi connectivity index (χ3v) is 9.85. The highest BCUT2D eigenvalue weighted by atomic mass is 19.1. The molecule has 0 saturated carbocycles. The molecular weight excluding hydrogens is 674 g/mol. The molecule has 15 heteroatoms. The average Bonchev–Trinajstić information content (AvgIpc) is 3.89. The molecule has 1 amide bonds. The van der Waals surface area contributed by atoms with Crippen LogP contribution in [0, 0.1) is 17.6 Å². The second-order valence-electron chi connectivity index (χ2n) is 13.3. The van der Waals surface area contributed by atoms with Crippen LogP contribution in [0.3, 0.4) is 0 Å². The van der Waals surface area contributed by atoms with Gasteiger partial charge < -0.3 is 24.4 Å². The molecule has 272 valence electrons. The van der Waals surface area contributed by atoms with Gasteiger partial charge in [-0.25, -0.2) is 32.5 Å². The Balaban J connectivity index is 0.944. The molecule has 0 spiro atoms. The lowest BCUT2D eigenvalue weighted by Crippen LogP contribution is -2.50. The quantitative estimate of drug-likeness (QED) is 0.203. The van der Waals surface area contributed by atoms with E-state index in [0.717, 1.165) is 17.4 Å². The van der Waals surface area contributed by atoms with Gasteiger partial charge in [-0.2, -0.15) is 10.2 Å². The highest BCUT2D eigenvalue weighted by molar-refractivity contribution is 5.97. The first-order chi connectivity index (χ1) is 25.1. The van der Waals surface area contributed by atoms with Crippen molar-refractivity contribution in [2.24, 2.45) is 5.92 Å². The molecule has 3 aromatic carbocycles. The molecule has 4 heterocycles. The van der Waals surface area contributed by atoms with Crippen molar-refractivity contribution in [1.29, 1.82) is 0 Å². The van der Waals surface area contributed by atoms with E-state index in [9.17, 15) is 23.5 Å². The first-order valence-corrected chi connectivity index (χ1v) is 17.3. The molecule has 2 aliphatic heterocycles. The highest BCUT2D eigenvalue weighted by Crippen LogP contribution is 2.42. The smallest absolute Gasteiger partial charge is 0.350 e. The molecule has 0 unspecified atom stereocenters. The Hall–Kier alpha value is -5.41. The molecule has 13 nitrogen and oxygen atoms in total. The van der Waals surface area contributed by atoms with Crippen LogP contribution in [-0.2, 0) is 21.7 Å². The van der Waals surface area contributed by atoms with Gasteiger partial charge in [0, 0.05) is 42.0 Å². The molecule has 2 aliphatic rings. The van der Waals surface area contributed by atoms with E-state index in [4.69, 9.17) is 9.47 Å². The van der Waals surface area contributed by atoms with Crippen LogP contribution in [0.5, 0.6) is 5.75 Å². The van der Waals surface area contributed by atoms with Gasteiger partial charge in [0.05, 0.1) is 44.1 Å². The maximum atomic E-state index is 15.0. The minimum atomic E-state index is -1.05. The van der Waals surface area contributed by atoms with Crippen LogP contribution in [0.2, 0.25) is 0 Å². The maximum absolute atomic E-state index is 15.0. The number of carbonyl (C=O) groups excluding carboxylic acids is 1. The number of halogens is 2. The summed E-state index contributed by atoms with van der Waals surface area (Å²) in [6, 6.07) is 17.8. The Kier molecular flexibility index (Phi) is 9.88. The molecule has 2 aromatic heterocycles. The molecule has 2 saturated heterocycles. The predicted octanol–water partition coefficient (Wildman–Crippen LogP) is 4.10. The zero-order valence-corrected chi connectivity index (χ0v) is 28.9. The normalized spacial score (nSPS) is 20.3. The van der Waals surface area contributed by atoms with E-state index >= 15 is 0 Å². The van der Waals surface area contributed by atoms with Crippen LogP contribution < -0.4 is 20.2 Å². The fourth-order valence-electron chi connectivity index (χ4n) is 7.15. The predicted molar refractivity (Wildman–Crippen MR) is 187 cm³/mol. The largest absolute Gasteiger partial charge is 0.493 e. The molecule has 0 bridgehead atoms. The van der Waals surface area contributed by atoms with Crippen molar-refractivity contribution in [2.75, 3.05) is 42.6 Å². The van der Waals surface area contributed by atoms with Crippen LogP contribution in [0.4, 0.5) is 20.2 Å². The van der Waals surface area contributed by atoms with E-state index in [1.54, 1.807) is 28.6 Å². The summed E-state index contributed by atoms with van der Waals surface area (Å²) in [7, 11) is 0. The number of rotatable bonds is 12. The van der Waals surface area contributed by atoms with Crippen LogP contribution in [0.25, 0.3) is 5.69 Å². The lowest BCUT2D eigenvalue weighted by Gasteiger charge is -2.35. The van der Waals surface area contributed by atoms with Gasteiger partial charge in [-0.1, -0.05) is 13.0 Å². The number of benzene rings is 3. The average molecular weight is 715 g/mol. The van der Waals surface area contributed by atoms with Crippen LogP contribution >= 0.6 is 0 Å².